The Balaban J connectivity index is 1.76. The Labute approximate surface area is 636 Å². The van der Waals surface area contributed by atoms with Crippen LogP contribution < -0.4 is 0 Å². The van der Waals surface area contributed by atoms with E-state index < -0.39 is 116 Å². The highest BCUT2D eigenvalue weighted by atomic mass is 16.6. The first kappa shape index (κ1) is 81.6. The monoisotopic (exact) mass is 1460 g/mol. The first-order valence-electron chi connectivity index (χ1n) is 36.6. The number of fused-ring (bicyclic) bond motifs is 8. The molecule has 8 aromatic carbocycles. The second-order valence-electron chi connectivity index (χ2n) is 35.5. The number of esters is 8. The van der Waals surface area contributed by atoms with Gasteiger partial charge in [0.1, 0.15) is 44.8 Å². The highest BCUT2D eigenvalue weighted by Gasteiger charge is 2.43. The largest absolute Gasteiger partial charge is 0.456 e. The molecule has 16 heteroatoms. The van der Waals surface area contributed by atoms with Gasteiger partial charge in [-0.1, -0.05) is 146 Å². The summed E-state index contributed by atoms with van der Waals surface area (Å²) >= 11 is 0. The van der Waals surface area contributed by atoms with Crippen LogP contribution in [0.2, 0.25) is 0 Å². The molecule has 0 heterocycles. The first-order chi connectivity index (χ1) is 49.8. The molecule has 0 spiro atoms. The quantitative estimate of drug-likeness (QED) is 0.0822. The van der Waals surface area contributed by atoms with Gasteiger partial charge in [-0.2, -0.15) is 0 Å². The number of hydrogen-bond donors (Lipinski definition) is 0. The maximum absolute atomic E-state index is 16.1. The van der Waals surface area contributed by atoms with Crippen LogP contribution in [0.1, 0.15) is 339 Å². The molecule has 1 aliphatic rings. The molecule has 0 atom stereocenters. The number of ether oxygens (including phenoxy) is 8. The van der Waals surface area contributed by atoms with Gasteiger partial charge in [0.2, 0.25) is 0 Å². The molecule has 8 bridgehead atoms. The van der Waals surface area contributed by atoms with Crippen LogP contribution in [0.4, 0.5) is 0 Å². The van der Waals surface area contributed by atoms with Gasteiger partial charge in [0.15, 0.2) is 0 Å². The minimum absolute atomic E-state index is 0.146. The molecule has 0 saturated heterocycles. The van der Waals surface area contributed by atoms with Crippen LogP contribution in [-0.4, -0.2) is 92.6 Å². The van der Waals surface area contributed by atoms with Crippen molar-refractivity contribution >= 4 is 47.8 Å². The second-order valence-corrected chi connectivity index (χ2v) is 35.5. The van der Waals surface area contributed by atoms with Crippen molar-refractivity contribution in [3.63, 3.8) is 0 Å². The SMILES string of the molecule is CC(C)(C)OC(=O)c1cc(C(=O)OC(C)(C)C)c2cc1C(c1ccccc1)c1cc(c(C(=O)OC(C)(C)C)cc1C(=O)OC(C)(C)C)C(c1ccccc1)c1cc(c(C(=O)OC(C)(C)C)cc1C(=O)OC(C)(C)C)C(c1ccccc1)c1cc(c(C(=O)OC(C)(C)C)cc1C(=O)OC(C)(C)C)C2c1ccccc1. The molecule has 108 heavy (non-hydrogen) atoms. The van der Waals surface area contributed by atoms with Crippen molar-refractivity contribution in [1.29, 1.82) is 0 Å². The van der Waals surface area contributed by atoms with Gasteiger partial charge in [0.05, 0.1) is 44.5 Å². The van der Waals surface area contributed by atoms with Gasteiger partial charge in [0.25, 0.3) is 0 Å². The van der Waals surface area contributed by atoms with Gasteiger partial charge < -0.3 is 37.9 Å². The number of benzene rings is 8. The summed E-state index contributed by atoms with van der Waals surface area (Å²) < 4.78 is 51.6. The molecule has 16 nitrogen and oxygen atoms in total. The highest BCUT2D eigenvalue weighted by Crippen LogP contribution is 2.50. The molecule has 0 unspecified atom stereocenters. The van der Waals surface area contributed by atoms with E-state index in [9.17, 15) is 0 Å². The van der Waals surface area contributed by atoms with Crippen molar-refractivity contribution in [2.45, 2.75) is 235 Å². The summed E-state index contributed by atoms with van der Waals surface area (Å²) in [7, 11) is 0. The Kier molecular flexibility index (Phi) is 23.2. The fraction of sp³-hybridized carbons (Fsp3) is 0.391. The molecule has 0 amide bonds. The zero-order valence-electron chi connectivity index (χ0n) is 67.0. The van der Waals surface area contributed by atoms with Crippen molar-refractivity contribution in [2.75, 3.05) is 0 Å². The summed E-state index contributed by atoms with van der Waals surface area (Å²) in [5.74, 6) is -12.5. The number of rotatable bonds is 12. The minimum atomic E-state index is -1.33. The Bertz CT molecular complexity index is 3930. The fourth-order valence-electron chi connectivity index (χ4n) is 13.2. The summed E-state index contributed by atoms with van der Waals surface area (Å²) in [5, 5.41) is 0. The lowest BCUT2D eigenvalue weighted by atomic mass is 9.71. The van der Waals surface area contributed by atoms with Gasteiger partial charge in [-0.05, 0) is 257 Å². The molecule has 1 aliphatic carbocycles. The van der Waals surface area contributed by atoms with Gasteiger partial charge in [-0.25, -0.2) is 38.4 Å². The molecule has 0 N–H and O–H groups in total. The maximum Gasteiger partial charge on any atom is 0.338 e. The van der Waals surface area contributed by atoms with Crippen LogP contribution in [0.15, 0.2) is 170 Å². The van der Waals surface area contributed by atoms with E-state index in [2.05, 4.69) is 0 Å². The Hall–Kier alpha value is -10.5. The predicted octanol–water partition coefficient (Wildman–Crippen LogP) is 20.4. The molecule has 0 aliphatic heterocycles. The van der Waals surface area contributed by atoms with E-state index in [1.807, 2.05) is 72.8 Å². The second kappa shape index (κ2) is 30.6. The Morgan fingerprint density at radius 3 is 0.398 bits per heavy atom. The molecular formula is C92H104O16. The fourth-order valence-corrected chi connectivity index (χ4v) is 13.2. The maximum atomic E-state index is 16.1. The molecule has 8 aromatic rings. The van der Waals surface area contributed by atoms with Crippen molar-refractivity contribution in [1.82, 2.24) is 0 Å². The van der Waals surface area contributed by atoms with Crippen LogP contribution in [0.25, 0.3) is 0 Å². The standard InChI is InChI=1S/C92H104O16/c1-85(2,3)101-77(93)65-49-66(78(94)102-86(4,5)6)58-45-57(65)73(53-37-29-25-30-38-53)59-46-60(68(80(96)104-88(10,11)12)50-67(59)79(95)103-87(7,8)9)75(55-41-33-27-34-42-55)63-48-64(72(84(100)108-92(22,23)24)52-71(63)83(99)107-91(19,20)21)76(56-43-35-28-36-44-56)62-47-61(74(58)54-39-31-26-32-40-54)69(81(97)105-89(13,14)15)51-70(62)82(98)106-90(16,17)18/h25-52,73-76H,1-24H3. The van der Waals surface area contributed by atoms with Gasteiger partial charge in [-0.15, -0.1) is 0 Å². The summed E-state index contributed by atoms with van der Waals surface area (Å²) in [6, 6.07) is 48.7. The lowest BCUT2D eigenvalue weighted by molar-refractivity contribution is 0.00444. The van der Waals surface area contributed by atoms with Crippen LogP contribution in [0.5, 0.6) is 0 Å². The van der Waals surface area contributed by atoms with Gasteiger partial charge in [0, 0.05) is 23.7 Å². The third-order valence-corrected chi connectivity index (χ3v) is 16.9. The van der Waals surface area contributed by atoms with Gasteiger partial charge >= 0.3 is 47.8 Å². The van der Waals surface area contributed by atoms with Crippen LogP contribution in [0.3, 0.4) is 0 Å². The smallest absolute Gasteiger partial charge is 0.338 e. The number of carbonyl (C=O) groups excluding carboxylic acids is 8. The molecule has 9 rings (SSSR count). The van der Waals surface area contributed by atoms with E-state index in [0.29, 0.717) is 22.3 Å². The predicted molar refractivity (Wildman–Crippen MR) is 417 cm³/mol. The number of hydrogen-bond acceptors (Lipinski definition) is 16. The van der Waals surface area contributed by atoms with Crippen molar-refractivity contribution in [3.8, 4) is 0 Å². The molecule has 0 aromatic heterocycles. The molecule has 0 saturated carbocycles. The van der Waals surface area contributed by atoms with E-state index in [1.165, 1.54) is 24.3 Å². The van der Waals surface area contributed by atoms with Crippen LogP contribution in [-0.2, 0) is 37.9 Å². The Morgan fingerprint density at radius 2 is 0.296 bits per heavy atom. The van der Waals surface area contributed by atoms with Gasteiger partial charge in [-0.3, -0.25) is 0 Å². The van der Waals surface area contributed by atoms with Crippen molar-refractivity contribution < 1.29 is 76.3 Å². The average Bonchev–Trinajstić information content (AvgIpc) is 0.726. The molecular weight excluding hydrogens is 1360 g/mol. The lowest BCUT2D eigenvalue weighted by Gasteiger charge is -2.34. The highest BCUT2D eigenvalue weighted by molar-refractivity contribution is 6.04. The van der Waals surface area contributed by atoms with Crippen LogP contribution in [0, 0.1) is 0 Å². The van der Waals surface area contributed by atoms with E-state index in [0.717, 1.165) is 0 Å². The average molecular weight is 1470 g/mol. The zero-order valence-corrected chi connectivity index (χ0v) is 67.0. The van der Waals surface area contributed by atoms with E-state index >= 15 is 38.4 Å². The summed E-state index contributed by atoms with van der Waals surface area (Å²) in [6.45, 7) is 41.0. The topological polar surface area (TPSA) is 210 Å². The van der Waals surface area contributed by atoms with E-state index in [-0.39, 0.29) is 89.0 Å². The third-order valence-electron chi connectivity index (χ3n) is 16.9. The lowest BCUT2D eigenvalue weighted by Crippen LogP contribution is -2.30. The number of carbonyl (C=O) groups is 8. The minimum Gasteiger partial charge on any atom is -0.456 e. The zero-order chi connectivity index (χ0) is 79.9. The summed E-state index contributed by atoms with van der Waals surface area (Å²) in [5.41, 5.74) is -7.64. The van der Waals surface area contributed by atoms with E-state index in [4.69, 9.17) is 37.9 Å². The molecule has 568 valence electrons. The molecule has 0 radical (unpaired) electrons. The van der Waals surface area contributed by atoms with Crippen molar-refractivity contribution in [2.24, 2.45) is 0 Å². The van der Waals surface area contributed by atoms with E-state index in [1.54, 1.807) is 239 Å². The summed E-state index contributed by atoms with van der Waals surface area (Å²) in [6.07, 6.45) is 0. The Morgan fingerprint density at radius 1 is 0.185 bits per heavy atom. The normalized spacial score (nSPS) is 15.7. The molecule has 0 fully saturated rings. The third kappa shape index (κ3) is 20.2. The summed E-state index contributed by atoms with van der Waals surface area (Å²) in [4.78, 5) is 129. The van der Waals surface area contributed by atoms with Crippen molar-refractivity contribution in [3.05, 3.63) is 281 Å². The first-order valence-corrected chi connectivity index (χ1v) is 36.6. The van der Waals surface area contributed by atoms with Crippen LogP contribution >= 0.6 is 0 Å².